The van der Waals surface area contributed by atoms with Gasteiger partial charge in [-0.25, -0.2) is 9.18 Å². The summed E-state index contributed by atoms with van der Waals surface area (Å²) in [6.07, 6.45) is -0.376. The van der Waals surface area contributed by atoms with Crippen molar-refractivity contribution >= 4 is 6.09 Å². The standard InChI is InChI=1S/C16H21FN2O3/c1-15(2,3)22-14(20)19-8-11-9-21-18-16(11,10-19)12-6-4-5-7-13(12)17/h4-7,11,18H,8-10H2,1-3H3. The highest BCUT2D eigenvalue weighted by atomic mass is 19.1. The summed E-state index contributed by atoms with van der Waals surface area (Å²) in [5.41, 5.74) is 2.22. The Labute approximate surface area is 129 Å². The van der Waals surface area contributed by atoms with E-state index in [1.165, 1.54) is 6.07 Å². The predicted octanol–water partition coefficient (Wildman–Crippen LogP) is 2.42. The van der Waals surface area contributed by atoms with Crippen LogP contribution in [0.4, 0.5) is 9.18 Å². The minimum Gasteiger partial charge on any atom is -0.444 e. The number of amides is 1. The average Bonchev–Trinajstić information content (AvgIpc) is 2.94. The number of rotatable bonds is 1. The van der Waals surface area contributed by atoms with Crippen LogP contribution < -0.4 is 5.48 Å². The number of fused-ring (bicyclic) bond motifs is 1. The van der Waals surface area contributed by atoms with Crippen LogP contribution in [0.3, 0.4) is 0 Å². The van der Waals surface area contributed by atoms with Crippen LogP contribution in [0.25, 0.3) is 0 Å². The van der Waals surface area contributed by atoms with Crippen molar-refractivity contribution in [1.82, 2.24) is 10.4 Å². The van der Waals surface area contributed by atoms with E-state index in [4.69, 9.17) is 9.57 Å². The number of nitrogens with one attached hydrogen (secondary N) is 1. The van der Waals surface area contributed by atoms with Gasteiger partial charge >= 0.3 is 6.09 Å². The molecule has 6 heteroatoms. The first kappa shape index (κ1) is 15.2. The van der Waals surface area contributed by atoms with Gasteiger partial charge in [-0.2, -0.15) is 5.48 Å². The molecule has 1 amide bonds. The molecule has 2 aliphatic rings. The van der Waals surface area contributed by atoms with Crippen LogP contribution in [-0.4, -0.2) is 36.3 Å². The summed E-state index contributed by atoms with van der Waals surface area (Å²) in [5, 5.41) is 0. The Morgan fingerprint density at radius 3 is 2.86 bits per heavy atom. The fraction of sp³-hybridized carbons (Fsp3) is 0.562. The van der Waals surface area contributed by atoms with E-state index >= 15 is 0 Å². The number of hydrogen-bond acceptors (Lipinski definition) is 4. The molecular formula is C16H21FN2O3. The number of nitrogens with zero attached hydrogens (tertiary/aromatic N) is 1. The van der Waals surface area contributed by atoms with Crippen molar-refractivity contribution in [2.75, 3.05) is 19.7 Å². The number of halogens is 1. The third-order valence-corrected chi connectivity index (χ3v) is 4.12. The molecule has 2 atom stereocenters. The second-order valence-electron chi connectivity index (χ2n) is 6.92. The molecule has 0 bridgehead atoms. The van der Waals surface area contributed by atoms with E-state index in [0.717, 1.165) is 0 Å². The molecule has 1 aromatic carbocycles. The van der Waals surface area contributed by atoms with Gasteiger partial charge < -0.3 is 14.5 Å². The van der Waals surface area contributed by atoms with Crippen molar-refractivity contribution in [3.8, 4) is 0 Å². The first-order valence-corrected chi connectivity index (χ1v) is 7.44. The number of benzene rings is 1. The van der Waals surface area contributed by atoms with E-state index in [2.05, 4.69) is 5.48 Å². The van der Waals surface area contributed by atoms with Crippen LogP contribution >= 0.6 is 0 Å². The third-order valence-electron chi connectivity index (χ3n) is 4.12. The summed E-state index contributed by atoms with van der Waals surface area (Å²) >= 11 is 0. The number of hydroxylamine groups is 1. The molecular weight excluding hydrogens is 287 g/mol. The lowest BCUT2D eigenvalue weighted by atomic mass is 9.82. The Morgan fingerprint density at radius 1 is 1.45 bits per heavy atom. The van der Waals surface area contributed by atoms with Gasteiger partial charge in [-0.1, -0.05) is 18.2 Å². The Balaban J connectivity index is 1.86. The lowest BCUT2D eigenvalue weighted by Gasteiger charge is -2.29. The molecule has 0 aliphatic carbocycles. The Kier molecular flexibility index (Phi) is 3.61. The fourth-order valence-electron chi connectivity index (χ4n) is 3.15. The van der Waals surface area contributed by atoms with Gasteiger partial charge in [-0.3, -0.25) is 0 Å². The first-order valence-electron chi connectivity index (χ1n) is 7.44. The molecule has 2 unspecified atom stereocenters. The van der Waals surface area contributed by atoms with Crippen LogP contribution in [0.5, 0.6) is 0 Å². The molecule has 22 heavy (non-hydrogen) atoms. The summed E-state index contributed by atoms with van der Waals surface area (Å²) in [4.78, 5) is 19.3. The molecule has 0 aromatic heterocycles. The van der Waals surface area contributed by atoms with Crippen molar-refractivity contribution in [1.29, 1.82) is 0 Å². The average molecular weight is 308 g/mol. The number of carbonyl (C=O) groups excluding carboxylic acids is 1. The third kappa shape index (κ3) is 2.57. The molecule has 0 radical (unpaired) electrons. The highest BCUT2D eigenvalue weighted by Crippen LogP contribution is 2.42. The van der Waals surface area contributed by atoms with Crippen LogP contribution in [0.1, 0.15) is 26.3 Å². The molecule has 3 rings (SSSR count). The van der Waals surface area contributed by atoms with Crippen molar-refractivity contribution in [2.45, 2.75) is 31.9 Å². The maximum atomic E-state index is 14.2. The van der Waals surface area contributed by atoms with E-state index in [-0.39, 0.29) is 17.8 Å². The molecule has 0 saturated carbocycles. The molecule has 1 N–H and O–H groups in total. The number of hydrogen-bond donors (Lipinski definition) is 1. The second-order valence-corrected chi connectivity index (χ2v) is 6.92. The Morgan fingerprint density at radius 2 is 2.18 bits per heavy atom. The smallest absolute Gasteiger partial charge is 0.410 e. The summed E-state index contributed by atoms with van der Waals surface area (Å²) in [6.45, 7) is 6.73. The molecule has 2 aliphatic heterocycles. The summed E-state index contributed by atoms with van der Waals surface area (Å²) < 4.78 is 19.7. The fourth-order valence-corrected chi connectivity index (χ4v) is 3.15. The number of carbonyl (C=O) groups is 1. The Hall–Kier alpha value is -1.66. The van der Waals surface area contributed by atoms with Crippen LogP contribution in [0, 0.1) is 11.7 Å². The van der Waals surface area contributed by atoms with E-state index in [9.17, 15) is 9.18 Å². The monoisotopic (exact) mass is 308 g/mol. The number of ether oxygens (including phenoxy) is 1. The van der Waals surface area contributed by atoms with E-state index in [1.807, 2.05) is 20.8 Å². The Bertz CT molecular complexity index is 587. The van der Waals surface area contributed by atoms with Crippen LogP contribution in [-0.2, 0) is 15.1 Å². The summed E-state index contributed by atoms with van der Waals surface area (Å²) in [7, 11) is 0. The molecule has 2 saturated heterocycles. The largest absolute Gasteiger partial charge is 0.444 e. The SMILES string of the molecule is CC(C)(C)OC(=O)N1CC2CONC2(c2ccccc2F)C1. The summed E-state index contributed by atoms with van der Waals surface area (Å²) in [6, 6.07) is 6.61. The van der Waals surface area contributed by atoms with Gasteiger partial charge in [0.2, 0.25) is 0 Å². The van der Waals surface area contributed by atoms with Crippen molar-refractivity contribution in [2.24, 2.45) is 5.92 Å². The van der Waals surface area contributed by atoms with Crippen molar-refractivity contribution in [3.05, 3.63) is 35.6 Å². The molecule has 2 fully saturated rings. The molecule has 2 heterocycles. The van der Waals surface area contributed by atoms with E-state index in [0.29, 0.717) is 25.3 Å². The van der Waals surface area contributed by atoms with Crippen molar-refractivity contribution < 1.29 is 18.8 Å². The zero-order chi connectivity index (χ0) is 16.0. The van der Waals surface area contributed by atoms with Gasteiger partial charge in [0, 0.05) is 24.6 Å². The first-order chi connectivity index (χ1) is 10.3. The summed E-state index contributed by atoms with van der Waals surface area (Å²) in [5.74, 6) is -0.298. The zero-order valence-electron chi connectivity index (χ0n) is 13.1. The molecule has 1 aromatic rings. The van der Waals surface area contributed by atoms with Gasteiger partial charge in [0.05, 0.1) is 12.1 Å². The quantitative estimate of drug-likeness (QED) is 0.865. The van der Waals surface area contributed by atoms with Gasteiger partial charge in [-0.15, -0.1) is 0 Å². The van der Waals surface area contributed by atoms with Gasteiger partial charge in [0.1, 0.15) is 11.4 Å². The second kappa shape index (κ2) is 5.21. The molecule has 0 spiro atoms. The molecule has 5 nitrogen and oxygen atoms in total. The minimum absolute atomic E-state index is 0.00285. The molecule has 120 valence electrons. The van der Waals surface area contributed by atoms with Gasteiger partial charge in [0.25, 0.3) is 0 Å². The van der Waals surface area contributed by atoms with Gasteiger partial charge in [0.15, 0.2) is 0 Å². The van der Waals surface area contributed by atoms with E-state index < -0.39 is 11.1 Å². The minimum atomic E-state index is -0.706. The number of likely N-dealkylation sites (tertiary alicyclic amines) is 1. The normalized spacial score (nSPS) is 27.8. The highest BCUT2D eigenvalue weighted by molar-refractivity contribution is 5.69. The maximum Gasteiger partial charge on any atom is 0.410 e. The lowest BCUT2D eigenvalue weighted by Crippen LogP contribution is -2.45. The maximum absolute atomic E-state index is 14.2. The van der Waals surface area contributed by atoms with Crippen molar-refractivity contribution in [3.63, 3.8) is 0 Å². The highest BCUT2D eigenvalue weighted by Gasteiger charge is 2.54. The zero-order valence-corrected chi connectivity index (χ0v) is 13.1. The van der Waals surface area contributed by atoms with Crippen LogP contribution in [0.2, 0.25) is 0 Å². The topological polar surface area (TPSA) is 50.8 Å². The predicted molar refractivity (Wildman–Crippen MR) is 78.5 cm³/mol. The van der Waals surface area contributed by atoms with Crippen LogP contribution in [0.15, 0.2) is 24.3 Å². The van der Waals surface area contributed by atoms with E-state index in [1.54, 1.807) is 23.1 Å². The lowest BCUT2D eigenvalue weighted by molar-refractivity contribution is 0.0149. The van der Waals surface area contributed by atoms with Gasteiger partial charge in [-0.05, 0) is 26.8 Å².